The maximum atomic E-state index is 10.2. The number of unbranched alkanes of at least 4 members (excludes halogenated alkanes) is 4. The lowest BCUT2D eigenvalue weighted by Gasteiger charge is -2.20. The van der Waals surface area contributed by atoms with Crippen LogP contribution in [0.15, 0.2) is 43.0 Å². The van der Waals surface area contributed by atoms with E-state index in [1.165, 1.54) is 25.7 Å². The fraction of sp³-hybridized carbons (Fsp3) is 0.529. The van der Waals surface area contributed by atoms with E-state index in [0.717, 1.165) is 18.4 Å². The SMILES string of the molecule is C=C[C@@H](c1ccccc1)[C@@H](O)CCCCCCC. The molecular weight excluding hydrogens is 220 g/mol. The molecular formula is C17H26O. The maximum Gasteiger partial charge on any atom is 0.0643 e. The van der Waals surface area contributed by atoms with Gasteiger partial charge in [0.25, 0.3) is 0 Å². The first kappa shape index (κ1) is 15.0. The zero-order valence-corrected chi connectivity index (χ0v) is 11.5. The van der Waals surface area contributed by atoms with E-state index in [4.69, 9.17) is 0 Å². The summed E-state index contributed by atoms with van der Waals surface area (Å²) in [5.74, 6) is 0.0670. The van der Waals surface area contributed by atoms with Crippen LogP contribution in [0.1, 0.15) is 56.9 Å². The molecule has 1 aromatic rings. The average Bonchev–Trinajstić information content (AvgIpc) is 2.40. The molecule has 2 atom stereocenters. The van der Waals surface area contributed by atoms with Crippen LogP contribution in [0.25, 0.3) is 0 Å². The van der Waals surface area contributed by atoms with Gasteiger partial charge in [0.1, 0.15) is 0 Å². The van der Waals surface area contributed by atoms with Crippen LogP contribution in [-0.4, -0.2) is 11.2 Å². The molecule has 0 aromatic heterocycles. The molecule has 100 valence electrons. The summed E-state index contributed by atoms with van der Waals surface area (Å²) in [5, 5.41) is 10.2. The molecule has 1 rings (SSSR count). The summed E-state index contributed by atoms with van der Waals surface area (Å²) < 4.78 is 0. The van der Waals surface area contributed by atoms with Gasteiger partial charge in [-0.15, -0.1) is 6.58 Å². The molecule has 0 heterocycles. The lowest BCUT2D eigenvalue weighted by molar-refractivity contribution is 0.145. The van der Waals surface area contributed by atoms with Crippen LogP contribution in [-0.2, 0) is 0 Å². The summed E-state index contributed by atoms with van der Waals surface area (Å²) in [7, 11) is 0. The third-order valence-corrected chi connectivity index (χ3v) is 3.46. The van der Waals surface area contributed by atoms with Crippen molar-refractivity contribution in [3.8, 4) is 0 Å². The molecule has 18 heavy (non-hydrogen) atoms. The lowest BCUT2D eigenvalue weighted by atomic mass is 9.90. The fourth-order valence-electron chi connectivity index (χ4n) is 2.33. The summed E-state index contributed by atoms with van der Waals surface area (Å²) in [4.78, 5) is 0. The van der Waals surface area contributed by atoms with E-state index >= 15 is 0 Å². The second-order valence-electron chi connectivity index (χ2n) is 4.94. The zero-order chi connectivity index (χ0) is 13.2. The molecule has 0 fully saturated rings. The van der Waals surface area contributed by atoms with Crippen molar-refractivity contribution in [2.45, 2.75) is 57.5 Å². The molecule has 0 spiro atoms. The number of aliphatic hydroxyl groups is 1. The molecule has 0 aliphatic rings. The van der Waals surface area contributed by atoms with E-state index in [1.54, 1.807) is 0 Å². The van der Waals surface area contributed by atoms with Gasteiger partial charge in [-0.25, -0.2) is 0 Å². The van der Waals surface area contributed by atoms with E-state index in [0.29, 0.717) is 0 Å². The Morgan fingerprint density at radius 3 is 2.39 bits per heavy atom. The molecule has 0 aliphatic carbocycles. The molecule has 0 bridgehead atoms. The van der Waals surface area contributed by atoms with Crippen molar-refractivity contribution >= 4 is 0 Å². The monoisotopic (exact) mass is 246 g/mol. The van der Waals surface area contributed by atoms with Crippen molar-refractivity contribution < 1.29 is 5.11 Å². The van der Waals surface area contributed by atoms with Gasteiger partial charge in [0, 0.05) is 5.92 Å². The first-order valence-electron chi connectivity index (χ1n) is 7.15. The largest absolute Gasteiger partial charge is 0.392 e. The number of hydrogen-bond donors (Lipinski definition) is 1. The predicted octanol–water partition coefficient (Wildman–Crippen LogP) is 4.68. The van der Waals surface area contributed by atoms with Crippen LogP contribution >= 0.6 is 0 Å². The molecule has 0 radical (unpaired) electrons. The standard InChI is InChI=1S/C17H26O/c1-3-5-6-7-11-14-17(18)16(4-2)15-12-9-8-10-13-15/h4,8-10,12-13,16-18H,2-3,5-7,11,14H2,1H3/t16-,17-/m0/s1. The van der Waals surface area contributed by atoms with Crippen molar-refractivity contribution in [3.63, 3.8) is 0 Å². The van der Waals surface area contributed by atoms with Gasteiger partial charge in [-0.2, -0.15) is 0 Å². The van der Waals surface area contributed by atoms with Crippen molar-refractivity contribution in [1.82, 2.24) is 0 Å². The third-order valence-electron chi connectivity index (χ3n) is 3.46. The summed E-state index contributed by atoms with van der Waals surface area (Å²) in [6, 6.07) is 10.2. The summed E-state index contributed by atoms with van der Waals surface area (Å²) in [6.07, 6.45) is 8.63. The average molecular weight is 246 g/mol. The number of aliphatic hydroxyl groups excluding tert-OH is 1. The Hall–Kier alpha value is -1.08. The molecule has 0 saturated heterocycles. The Balaban J connectivity index is 2.38. The van der Waals surface area contributed by atoms with Gasteiger partial charge in [0.05, 0.1) is 6.10 Å². The molecule has 0 aliphatic heterocycles. The van der Waals surface area contributed by atoms with Crippen LogP contribution in [0.5, 0.6) is 0 Å². The Labute approximate surface area is 112 Å². The van der Waals surface area contributed by atoms with Gasteiger partial charge in [0.2, 0.25) is 0 Å². The number of hydrogen-bond acceptors (Lipinski definition) is 1. The summed E-state index contributed by atoms with van der Waals surface area (Å²) in [6.45, 7) is 6.08. The minimum absolute atomic E-state index is 0.0670. The Morgan fingerprint density at radius 2 is 1.78 bits per heavy atom. The highest BCUT2D eigenvalue weighted by Gasteiger charge is 2.16. The molecule has 0 saturated carbocycles. The van der Waals surface area contributed by atoms with Gasteiger partial charge in [0.15, 0.2) is 0 Å². The van der Waals surface area contributed by atoms with Crippen LogP contribution in [0.2, 0.25) is 0 Å². The van der Waals surface area contributed by atoms with Crippen LogP contribution in [0.3, 0.4) is 0 Å². The fourth-order valence-corrected chi connectivity index (χ4v) is 2.33. The van der Waals surface area contributed by atoms with Crippen molar-refractivity contribution in [1.29, 1.82) is 0 Å². The summed E-state index contributed by atoms with van der Waals surface area (Å²) >= 11 is 0. The van der Waals surface area contributed by atoms with Crippen LogP contribution < -0.4 is 0 Å². The lowest BCUT2D eigenvalue weighted by Crippen LogP contribution is -2.16. The molecule has 1 nitrogen and oxygen atoms in total. The molecule has 1 aromatic carbocycles. The predicted molar refractivity (Wildman–Crippen MR) is 78.8 cm³/mol. The Bertz CT molecular complexity index is 318. The van der Waals surface area contributed by atoms with Gasteiger partial charge in [-0.05, 0) is 12.0 Å². The summed E-state index contributed by atoms with van der Waals surface area (Å²) in [5.41, 5.74) is 1.16. The van der Waals surface area contributed by atoms with Gasteiger partial charge in [-0.3, -0.25) is 0 Å². The molecule has 1 heteroatoms. The minimum atomic E-state index is -0.300. The number of rotatable bonds is 9. The third kappa shape index (κ3) is 5.05. The van der Waals surface area contributed by atoms with Gasteiger partial charge in [-0.1, -0.05) is 75.4 Å². The van der Waals surface area contributed by atoms with E-state index in [9.17, 15) is 5.11 Å². The zero-order valence-electron chi connectivity index (χ0n) is 11.5. The molecule has 1 N–H and O–H groups in total. The first-order valence-corrected chi connectivity index (χ1v) is 7.15. The second kappa shape index (κ2) is 8.93. The van der Waals surface area contributed by atoms with Gasteiger partial charge >= 0.3 is 0 Å². The smallest absolute Gasteiger partial charge is 0.0643 e. The highest BCUT2D eigenvalue weighted by atomic mass is 16.3. The Morgan fingerprint density at radius 1 is 1.11 bits per heavy atom. The van der Waals surface area contributed by atoms with Crippen LogP contribution in [0, 0.1) is 0 Å². The Kier molecular flexibility index (Phi) is 7.43. The molecule has 0 unspecified atom stereocenters. The quantitative estimate of drug-likeness (QED) is 0.495. The van der Waals surface area contributed by atoms with E-state index in [1.807, 2.05) is 24.3 Å². The van der Waals surface area contributed by atoms with E-state index < -0.39 is 0 Å². The van der Waals surface area contributed by atoms with Crippen molar-refractivity contribution in [3.05, 3.63) is 48.6 Å². The second-order valence-corrected chi connectivity index (χ2v) is 4.94. The topological polar surface area (TPSA) is 20.2 Å². The van der Waals surface area contributed by atoms with Crippen LogP contribution in [0.4, 0.5) is 0 Å². The minimum Gasteiger partial charge on any atom is -0.392 e. The first-order chi connectivity index (χ1) is 8.79. The normalized spacial score (nSPS) is 14.1. The molecule has 0 amide bonds. The highest BCUT2D eigenvalue weighted by Crippen LogP contribution is 2.24. The van der Waals surface area contributed by atoms with E-state index in [-0.39, 0.29) is 12.0 Å². The number of benzene rings is 1. The van der Waals surface area contributed by atoms with Crippen molar-refractivity contribution in [2.75, 3.05) is 0 Å². The van der Waals surface area contributed by atoms with Gasteiger partial charge < -0.3 is 5.11 Å². The highest BCUT2D eigenvalue weighted by molar-refractivity contribution is 5.24. The van der Waals surface area contributed by atoms with Crippen molar-refractivity contribution in [2.24, 2.45) is 0 Å². The maximum absolute atomic E-state index is 10.2. The van der Waals surface area contributed by atoms with E-state index in [2.05, 4.69) is 25.6 Å².